The Morgan fingerprint density at radius 3 is 2.56 bits per heavy atom. The van der Waals surface area contributed by atoms with Crippen molar-refractivity contribution >= 4 is 17.8 Å². The van der Waals surface area contributed by atoms with Gasteiger partial charge in [-0.15, -0.1) is 0 Å². The molecule has 2 N–H and O–H groups in total. The van der Waals surface area contributed by atoms with Crippen LogP contribution >= 0.6 is 0 Å². The number of guanidine groups is 1. The molecule has 25 heavy (non-hydrogen) atoms. The number of aromatic nitrogens is 2. The van der Waals surface area contributed by atoms with E-state index in [4.69, 9.17) is 0 Å². The number of piperazine rings is 1. The van der Waals surface area contributed by atoms with Crippen LogP contribution in [0.1, 0.15) is 26.7 Å². The average Bonchev–Trinajstić information content (AvgIpc) is 2.66. The van der Waals surface area contributed by atoms with Crippen LogP contribution in [0.3, 0.4) is 0 Å². The van der Waals surface area contributed by atoms with Gasteiger partial charge in [-0.1, -0.05) is 6.92 Å². The van der Waals surface area contributed by atoms with E-state index in [0.717, 1.165) is 44.5 Å². The molecule has 1 atom stereocenters. The van der Waals surface area contributed by atoms with E-state index in [9.17, 15) is 4.79 Å². The van der Waals surface area contributed by atoms with Gasteiger partial charge in [-0.25, -0.2) is 9.97 Å². The maximum Gasteiger partial charge on any atom is 0.225 e. The van der Waals surface area contributed by atoms with Gasteiger partial charge < -0.3 is 20.4 Å². The normalized spacial score (nSPS) is 16.5. The molecule has 138 valence electrons. The van der Waals surface area contributed by atoms with Crippen molar-refractivity contribution in [1.82, 2.24) is 25.5 Å². The van der Waals surface area contributed by atoms with Crippen LogP contribution in [-0.2, 0) is 4.79 Å². The highest BCUT2D eigenvalue weighted by molar-refractivity contribution is 5.81. The lowest BCUT2D eigenvalue weighted by atomic mass is 10.2. The van der Waals surface area contributed by atoms with Gasteiger partial charge in [-0.2, -0.15) is 0 Å². The van der Waals surface area contributed by atoms with Crippen LogP contribution in [0.4, 0.5) is 5.95 Å². The van der Waals surface area contributed by atoms with Gasteiger partial charge in [0.15, 0.2) is 5.96 Å². The van der Waals surface area contributed by atoms with Gasteiger partial charge >= 0.3 is 0 Å². The quantitative estimate of drug-likeness (QED) is 0.575. The predicted octanol–water partition coefficient (Wildman–Crippen LogP) is 0.479. The molecule has 1 unspecified atom stereocenters. The van der Waals surface area contributed by atoms with E-state index in [1.165, 1.54) is 0 Å². The molecule has 1 saturated heterocycles. The zero-order chi connectivity index (χ0) is 18.1. The smallest absolute Gasteiger partial charge is 0.225 e. The monoisotopic (exact) mass is 347 g/mol. The van der Waals surface area contributed by atoms with Gasteiger partial charge in [0.25, 0.3) is 0 Å². The summed E-state index contributed by atoms with van der Waals surface area (Å²) in [6, 6.07) is 2.04. The first-order valence-corrected chi connectivity index (χ1v) is 8.91. The summed E-state index contributed by atoms with van der Waals surface area (Å²) in [5.74, 6) is 1.68. The molecule has 0 radical (unpaired) electrons. The standard InChI is InChI=1S/C17H29N7O/c1-4-14(2)22-15(25)6-9-21-16(18-3)23-10-12-24(13-11-23)17-19-7-5-8-20-17/h5,7-8,14H,4,6,9-13H2,1-3H3,(H,18,21)(H,22,25). The fourth-order valence-corrected chi connectivity index (χ4v) is 2.64. The fraction of sp³-hybridized carbons (Fsp3) is 0.647. The summed E-state index contributed by atoms with van der Waals surface area (Å²) in [5, 5.41) is 6.25. The van der Waals surface area contributed by atoms with Crippen LogP contribution in [0, 0.1) is 0 Å². The summed E-state index contributed by atoms with van der Waals surface area (Å²) in [5.41, 5.74) is 0. The second-order valence-electron chi connectivity index (χ2n) is 6.12. The number of anilines is 1. The van der Waals surface area contributed by atoms with Crippen molar-refractivity contribution < 1.29 is 4.79 Å². The molecule has 2 heterocycles. The zero-order valence-electron chi connectivity index (χ0n) is 15.4. The molecule has 1 amide bonds. The minimum absolute atomic E-state index is 0.0725. The molecule has 8 nitrogen and oxygen atoms in total. The molecule has 1 aliphatic rings. The van der Waals surface area contributed by atoms with Crippen molar-refractivity contribution in [2.75, 3.05) is 44.7 Å². The molecule has 1 aromatic rings. The predicted molar refractivity (Wildman–Crippen MR) is 99.7 cm³/mol. The molecule has 0 saturated carbocycles. The van der Waals surface area contributed by atoms with Crippen molar-refractivity contribution in [2.24, 2.45) is 4.99 Å². The lowest BCUT2D eigenvalue weighted by Crippen LogP contribution is -2.53. The first kappa shape index (κ1) is 19.0. The van der Waals surface area contributed by atoms with Crippen molar-refractivity contribution in [3.05, 3.63) is 18.5 Å². The minimum atomic E-state index is 0.0725. The van der Waals surface area contributed by atoms with Gasteiger partial charge in [-0.3, -0.25) is 9.79 Å². The molecule has 0 aromatic carbocycles. The SMILES string of the molecule is CCC(C)NC(=O)CCNC(=NC)N1CCN(c2ncccn2)CC1. The number of carbonyl (C=O) groups is 1. The van der Waals surface area contributed by atoms with E-state index in [1.807, 2.05) is 13.0 Å². The van der Waals surface area contributed by atoms with Gasteiger partial charge in [0.1, 0.15) is 0 Å². The van der Waals surface area contributed by atoms with Crippen molar-refractivity contribution in [3.8, 4) is 0 Å². The second kappa shape index (κ2) is 9.80. The fourth-order valence-electron chi connectivity index (χ4n) is 2.64. The number of carbonyl (C=O) groups excluding carboxylic acids is 1. The van der Waals surface area contributed by atoms with E-state index < -0.39 is 0 Å². The number of hydrogen-bond acceptors (Lipinski definition) is 5. The highest BCUT2D eigenvalue weighted by Crippen LogP contribution is 2.09. The van der Waals surface area contributed by atoms with Crippen LogP contribution in [-0.4, -0.2) is 72.5 Å². The van der Waals surface area contributed by atoms with Crippen molar-refractivity contribution in [2.45, 2.75) is 32.7 Å². The van der Waals surface area contributed by atoms with E-state index in [-0.39, 0.29) is 11.9 Å². The number of nitrogens with one attached hydrogen (secondary N) is 2. The molecular weight excluding hydrogens is 318 g/mol. The van der Waals surface area contributed by atoms with E-state index in [2.05, 4.69) is 42.3 Å². The minimum Gasteiger partial charge on any atom is -0.356 e. The van der Waals surface area contributed by atoms with E-state index in [0.29, 0.717) is 13.0 Å². The number of hydrogen-bond donors (Lipinski definition) is 2. The first-order valence-electron chi connectivity index (χ1n) is 8.91. The maximum absolute atomic E-state index is 11.8. The number of rotatable bonds is 6. The molecule has 0 aliphatic carbocycles. The molecule has 0 bridgehead atoms. The number of aliphatic imine (C=N–C) groups is 1. The Bertz CT molecular complexity index is 555. The summed E-state index contributed by atoms with van der Waals surface area (Å²) in [4.78, 5) is 29.1. The Labute approximate surface area is 149 Å². The first-order chi connectivity index (χ1) is 12.1. The summed E-state index contributed by atoms with van der Waals surface area (Å²) >= 11 is 0. The molecule has 2 rings (SSSR count). The Morgan fingerprint density at radius 2 is 1.96 bits per heavy atom. The third-order valence-electron chi connectivity index (χ3n) is 4.28. The maximum atomic E-state index is 11.8. The molecular formula is C17H29N7O. The zero-order valence-corrected chi connectivity index (χ0v) is 15.4. The Kier molecular flexibility index (Phi) is 7.43. The third kappa shape index (κ3) is 5.88. The summed E-state index contributed by atoms with van der Waals surface area (Å²) < 4.78 is 0. The van der Waals surface area contributed by atoms with Gasteiger partial charge in [0.2, 0.25) is 11.9 Å². The van der Waals surface area contributed by atoms with Crippen LogP contribution in [0.2, 0.25) is 0 Å². The van der Waals surface area contributed by atoms with E-state index >= 15 is 0 Å². The molecule has 1 fully saturated rings. The van der Waals surface area contributed by atoms with Crippen LogP contribution in [0.25, 0.3) is 0 Å². The Hall–Kier alpha value is -2.38. The molecule has 8 heteroatoms. The summed E-state index contributed by atoms with van der Waals surface area (Å²) in [7, 11) is 1.77. The average molecular weight is 347 g/mol. The Balaban J connectivity index is 1.74. The van der Waals surface area contributed by atoms with Crippen LogP contribution in [0.15, 0.2) is 23.5 Å². The second-order valence-corrected chi connectivity index (χ2v) is 6.12. The summed E-state index contributed by atoms with van der Waals surface area (Å²) in [6.07, 6.45) is 4.91. The molecule has 0 spiro atoms. The number of amides is 1. The van der Waals surface area contributed by atoms with Crippen molar-refractivity contribution in [3.63, 3.8) is 0 Å². The highest BCUT2D eigenvalue weighted by Gasteiger charge is 2.21. The molecule has 1 aromatic heterocycles. The summed E-state index contributed by atoms with van der Waals surface area (Å²) in [6.45, 7) is 8.04. The molecule has 1 aliphatic heterocycles. The van der Waals surface area contributed by atoms with Crippen molar-refractivity contribution in [1.29, 1.82) is 0 Å². The highest BCUT2D eigenvalue weighted by atomic mass is 16.1. The topological polar surface area (TPSA) is 85.8 Å². The van der Waals surface area contributed by atoms with Gasteiger partial charge in [-0.05, 0) is 19.4 Å². The largest absolute Gasteiger partial charge is 0.356 e. The van der Waals surface area contributed by atoms with Crippen LogP contribution < -0.4 is 15.5 Å². The third-order valence-corrected chi connectivity index (χ3v) is 4.28. The Morgan fingerprint density at radius 1 is 1.28 bits per heavy atom. The lowest BCUT2D eigenvalue weighted by molar-refractivity contribution is -0.121. The van der Waals surface area contributed by atoms with Gasteiger partial charge in [0, 0.05) is 64.6 Å². The lowest BCUT2D eigenvalue weighted by Gasteiger charge is -2.36. The van der Waals surface area contributed by atoms with Gasteiger partial charge in [0.05, 0.1) is 0 Å². The number of nitrogens with zero attached hydrogens (tertiary/aromatic N) is 5. The van der Waals surface area contributed by atoms with E-state index in [1.54, 1.807) is 19.4 Å². The van der Waals surface area contributed by atoms with Crippen LogP contribution in [0.5, 0.6) is 0 Å².